The molecule has 0 aromatic carbocycles. The summed E-state index contributed by atoms with van der Waals surface area (Å²) in [6.45, 7) is 8.83. The van der Waals surface area contributed by atoms with E-state index < -0.39 is 0 Å². The number of nitrogens with zero attached hydrogens (tertiary/aromatic N) is 3. The molecule has 0 aliphatic carbocycles. The molecule has 2 unspecified atom stereocenters. The topological polar surface area (TPSA) is 63.4 Å². The van der Waals surface area contributed by atoms with Gasteiger partial charge in [0.15, 0.2) is 5.82 Å². The number of anilines is 1. The van der Waals surface area contributed by atoms with E-state index in [1.807, 2.05) is 13.8 Å². The highest BCUT2D eigenvalue weighted by Gasteiger charge is 2.24. The zero-order valence-corrected chi connectivity index (χ0v) is 11.5. The number of aromatic nitrogens is 2. The van der Waals surface area contributed by atoms with Crippen molar-refractivity contribution in [3.8, 4) is 0 Å². The van der Waals surface area contributed by atoms with Gasteiger partial charge in [-0.25, -0.2) is 0 Å². The van der Waals surface area contributed by atoms with Crippen LogP contribution in [0, 0.1) is 0 Å². The Bertz CT molecular complexity index is 380. The van der Waals surface area contributed by atoms with Gasteiger partial charge in [0.2, 0.25) is 0 Å². The molecular formula is C12H22N4O2. The quantitative estimate of drug-likeness (QED) is 0.874. The Morgan fingerprint density at radius 3 is 2.78 bits per heavy atom. The molecule has 1 aliphatic rings. The van der Waals surface area contributed by atoms with Crippen molar-refractivity contribution in [3.63, 3.8) is 0 Å². The van der Waals surface area contributed by atoms with Gasteiger partial charge in [-0.2, -0.15) is 4.98 Å². The third-order valence-corrected chi connectivity index (χ3v) is 3.16. The van der Waals surface area contributed by atoms with Crippen molar-refractivity contribution in [1.29, 1.82) is 0 Å². The van der Waals surface area contributed by atoms with Crippen molar-refractivity contribution in [2.45, 2.75) is 38.8 Å². The highest BCUT2D eigenvalue weighted by Crippen LogP contribution is 2.15. The fourth-order valence-electron chi connectivity index (χ4n) is 1.93. The van der Waals surface area contributed by atoms with E-state index in [1.54, 1.807) is 0 Å². The van der Waals surface area contributed by atoms with Crippen molar-refractivity contribution >= 4 is 6.01 Å². The number of rotatable bonds is 4. The second kappa shape index (κ2) is 5.67. The highest BCUT2D eigenvalue weighted by molar-refractivity contribution is 5.21. The molecule has 1 saturated heterocycles. The highest BCUT2D eigenvalue weighted by atomic mass is 16.5. The second-order valence-electron chi connectivity index (χ2n) is 5.22. The molecule has 1 N–H and O–H groups in total. The summed E-state index contributed by atoms with van der Waals surface area (Å²) in [4.78, 5) is 6.57. The van der Waals surface area contributed by atoms with Crippen LogP contribution in [-0.4, -0.2) is 53.9 Å². The number of hydrogen-bond donors (Lipinski definition) is 1. The molecule has 1 aromatic rings. The van der Waals surface area contributed by atoms with Crippen LogP contribution in [-0.2, 0) is 4.74 Å². The molecule has 1 fully saturated rings. The first-order valence-corrected chi connectivity index (χ1v) is 6.46. The van der Waals surface area contributed by atoms with Crippen LogP contribution in [0.15, 0.2) is 4.52 Å². The lowest BCUT2D eigenvalue weighted by molar-refractivity contribution is -0.0263. The van der Waals surface area contributed by atoms with Crippen LogP contribution in [0.1, 0.15) is 32.5 Å². The Kier molecular flexibility index (Phi) is 4.19. The van der Waals surface area contributed by atoms with Gasteiger partial charge in [0.05, 0.1) is 18.8 Å². The maximum atomic E-state index is 5.74. The van der Waals surface area contributed by atoms with Crippen LogP contribution >= 0.6 is 0 Å². The Labute approximate surface area is 108 Å². The average Bonchev–Trinajstić information content (AvgIpc) is 2.77. The summed E-state index contributed by atoms with van der Waals surface area (Å²) in [5, 5.41) is 7.14. The third-order valence-electron chi connectivity index (χ3n) is 3.16. The number of nitrogens with one attached hydrogen (secondary N) is 1. The van der Waals surface area contributed by atoms with E-state index in [2.05, 4.69) is 34.3 Å². The van der Waals surface area contributed by atoms with E-state index in [9.17, 15) is 0 Å². The fourth-order valence-corrected chi connectivity index (χ4v) is 1.93. The smallest absolute Gasteiger partial charge is 0.321 e. The van der Waals surface area contributed by atoms with Crippen LogP contribution < -0.4 is 5.32 Å². The first-order chi connectivity index (χ1) is 8.56. The van der Waals surface area contributed by atoms with Crippen molar-refractivity contribution < 1.29 is 9.26 Å². The van der Waals surface area contributed by atoms with Crippen molar-refractivity contribution in [3.05, 3.63) is 5.82 Å². The average molecular weight is 254 g/mol. The Morgan fingerprint density at radius 1 is 1.39 bits per heavy atom. The van der Waals surface area contributed by atoms with Gasteiger partial charge in [0.25, 0.3) is 0 Å². The third kappa shape index (κ3) is 3.20. The molecule has 6 heteroatoms. The lowest BCUT2D eigenvalue weighted by atomic mass is 10.1. The standard InChI is InChI=1S/C12H22N4O2/c1-8(2)11-14-12(18-15-11)13-9(3)10-7-16(4)5-6-17-10/h8-10H,5-7H2,1-4H3,(H,13,14,15). The molecule has 0 radical (unpaired) electrons. The summed E-state index contributed by atoms with van der Waals surface area (Å²) in [5.41, 5.74) is 0. The predicted molar refractivity (Wildman–Crippen MR) is 68.7 cm³/mol. The van der Waals surface area contributed by atoms with E-state index in [1.165, 1.54) is 0 Å². The Balaban J connectivity index is 1.91. The van der Waals surface area contributed by atoms with E-state index in [-0.39, 0.29) is 18.1 Å². The van der Waals surface area contributed by atoms with Crippen molar-refractivity contribution in [1.82, 2.24) is 15.0 Å². The van der Waals surface area contributed by atoms with Crippen molar-refractivity contribution in [2.24, 2.45) is 0 Å². The molecule has 0 spiro atoms. The van der Waals surface area contributed by atoms with Gasteiger partial charge in [-0.05, 0) is 14.0 Å². The Morgan fingerprint density at radius 2 is 2.17 bits per heavy atom. The van der Waals surface area contributed by atoms with Gasteiger partial charge >= 0.3 is 6.01 Å². The molecule has 1 aromatic heterocycles. The molecule has 2 heterocycles. The number of hydrogen-bond acceptors (Lipinski definition) is 6. The van der Waals surface area contributed by atoms with Gasteiger partial charge < -0.3 is 19.5 Å². The zero-order chi connectivity index (χ0) is 13.1. The minimum Gasteiger partial charge on any atom is -0.373 e. The maximum Gasteiger partial charge on any atom is 0.321 e. The second-order valence-corrected chi connectivity index (χ2v) is 5.22. The van der Waals surface area contributed by atoms with E-state index in [4.69, 9.17) is 9.26 Å². The molecule has 1 aliphatic heterocycles. The number of likely N-dealkylation sites (N-methyl/N-ethyl adjacent to an activating group) is 1. The Hall–Kier alpha value is -1.14. The maximum absolute atomic E-state index is 5.74. The first kappa shape index (κ1) is 13.3. The first-order valence-electron chi connectivity index (χ1n) is 6.46. The number of ether oxygens (including phenoxy) is 1. The normalized spacial score (nSPS) is 23.3. The van der Waals surface area contributed by atoms with Gasteiger partial charge in [-0.3, -0.25) is 0 Å². The van der Waals surface area contributed by atoms with E-state index in [0.29, 0.717) is 6.01 Å². The summed E-state index contributed by atoms with van der Waals surface area (Å²) >= 11 is 0. The number of morpholine rings is 1. The molecule has 0 saturated carbocycles. The molecule has 0 bridgehead atoms. The van der Waals surface area contributed by atoms with Gasteiger partial charge in [-0.15, -0.1) is 0 Å². The lowest BCUT2D eigenvalue weighted by Gasteiger charge is -2.33. The van der Waals surface area contributed by atoms with Crippen LogP contribution in [0.25, 0.3) is 0 Å². The van der Waals surface area contributed by atoms with E-state index in [0.717, 1.165) is 25.5 Å². The molecule has 6 nitrogen and oxygen atoms in total. The molecule has 18 heavy (non-hydrogen) atoms. The fraction of sp³-hybridized carbons (Fsp3) is 0.833. The van der Waals surface area contributed by atoms with Gasteiger partial charge in [-0.1, -0.05) is 19.0 Å². The van der Waals surface area contributed by atoms with Crippen LogP contribution in [0.2, 0.25) is 0 Å². The summed E-state index contributed by atoms with van der Waals surface area (Å²) in [6, 6.07) is 0.622. The lowest BCUT2D eigenvalue weighted by Crippen LogP contribution is -2.47. The molecule has 102 valence electrons. The van der Waals surface area contributed by atoms with E-state index >= 15 is 0 Å². The summed E-state index contributed by atoms with van der Waals surface area (Å²) < 4.78 is 10.9. The van der Waals surface area contributed by atoms with Gasteiger partial charge in [0.1, 0.15) is 0 Å². The molecule has 0 amide bonds. The van der Waals surface area contributed by atoms with Crippen LogP contribution in [0.4, 0.5) is 6.01 Å². The summed E-state index contributed by atoms with van der Waals surface area (Å²) in [5.74, 6) is 1.00. The minimum absolute atomic E-state index is 0.146. The molecular weight excluding hydrogens is 232 g/mol. The minimum atomic E-state index is 0.146. The predicted octanol–water partition coefficient (Wildman–Crippen LogP) is 1.32. The summed E-state index contributed by atoms with van der Waals surface area (Å²) in [6.07, 6.45) is 0.151. The van der Waals surface area contributed by atoms with Crippen LogP contribution in [0.3, 0.4) is 0 Å². The molecule has 2 atom stereocenters. The summed E-state index contributed by atoms with van der Waals surface area (Å²) in [7, 11) is 2.10. The SMILES string of the molecule is CC(C)c1noc(NC(C)C2CN(C)CCO2)n1. The van der Waals surface area contributed by atoms with Crippen molar-refractivity contribution in [2.75, 3.05) is 32.1 Å². The monoisotopic (exact) mass is 254 g/mol. The van der Waals surface area contributed by atoms with Gasteiger partial charge in [0, 0.05) is 19.0 Å². The largest absolute Gasteiger partial charge is 0.373 e. The zero-order valence-electron chi connectivity index (χ0n) is 11.5. The van der Waals surface area contributed by atoms with Crippen LogP contribution in [0.5, 0.6) is 0 Å². The molecule has 2 rings (SSSR count).